The summed E-state index contributed by atoms with van der Waals surface area (Å²) in [5.41, 5.74) is -0.696. The maximum Gasteiger partial charge on any atom is 0.249 e. The number of thiophene rings is 1. The molecule has 2 unspecified atom stereocenters. The molecule has 4 nitrogen and oxygen atoms in total. The van der Waals surface area contributed by atoms with E-state index >= 15 is 0 Å². The quantitative estimate of drug-likeness (QED) is 0.909. The first-order valence-corrected chi connectivity index (χ1v) is 8.59. The van der Waals surface area contributed by atoms with Crippen molar-refractivity contribution in [1.29, 1.82) is 0 Å². The van der Waals surface area contributed by atoms with Crippen LogP contribution in [0.4, 0.5) is 0 Å². The topological polar surface area (TPSA) is 49.4 Å². The Labute approximate surface area is 129 Å². The van der Waals surface area contributed by atoms with Crippen molar-refractivity contribution in [1.82, 2.24) is 10.2 Å². The van der Waals surface area contributed by atoms with Crippen molar-refractivity contribution >= 4 is 23.2 Å². The Balaban J connectivity index is 1.88. The van der Waals surface area contributed by atoms with E-state index in [1.54, 1.807) is 11.3 Å². The van der Waals surface area contributed by atoms with Crippen molar-refractivity contribution in [3.63, 3.8) is 0 Å². The molecule has 1 saturated carbocycles. The van der Waals surface area contributed by atoms with E-state index in [4.69, 9.17) is 0 Å². The van der Waals surface area contributed by atoms with E-state index in [0.29, 0.717) is 12.5 Å². The van der Waals surface area contributed by atoms with Gasteiger partial charge in [-0.1, -0.05) is 19.4 Å². The van der Waals surface area contributed by atoms with Gasteiger partial charge in [-0.15, -0.1) is 11.3 Å². The lowest BCUT2D eigenvalue weighted by Crippen LogP contribution is -2.69. The number of carbonyl (C=O) groups excluding carboxylic acids is 2. The van der Waals surface area contributed by atoms with Crippen LogP contribution in [0.1, 0.15) is 44.4 Å². The predicted molar refractivity (Wildman–Crippen MR) is 82.8 cm³/mol. The Kier molecular flexibility index (Phi) is 3.78. The van der Waals surface area contributed by atoms with Gasteiger partial charge in [-0.25, -0.2) is 0 Å². The smallest absolute Gasteiger partial charge is 0.249 e. The highest BCUT2D eigenvalue weighted by atomic mass is 32.1. The molecule has 1 aliphatic carbocycles. The lowest BCUT2D eigenvalue weighted by molar-refractivity contribution is -0.156. The molecule has 0 bridgehead atoms. The molecule has 1 N–H and O–H groups in total. The molecule has 3 rings (SSSR count). The van der Waals surface area contributed by atoms with Crippen LogP contribution in [0.2, 0.25) is 0 Å². The molecule has 2 amide bonds. The van der Waals surface area contributed by atoms with Gasteiger partial charge in [0.1, 0.15) is 11.6 Å². The Morgan fingerprint density at radius 1 is 1.43 bits per heavy atom. The van der Waals surface area contributed by atoms with Crippen LogP contribution in [0.5, 0.6) is 0 Å². The number of nitrogens with one attached hydrogen (secondary N) is 1. The molecule has 21 heavy (non-hydrogen) atoms. The van der Waals surface area contributed by atoms with Crippen LogP contribution in [0.3, 0.4) is 0 Å². The first-order valence-electron chi connectivity index (χ1n) is 7.71. The van der Waals surface area contributed by atoms with Gasteiger partial charge in [0.2, 0.25) is 11.8 Å². The third kappa shape index (κ3) is 2.59. The van der Waals surface area contributed by atoms with Gasteiger partial charge in [-0.05, 0) is 43.6 Å². The molecule has 114 valence electrons. The van der Waals surface area contributed by atoms with E-state index in [9.17, 15) is 9.59 Å². The summed E-state index contributed by atoms with van der Waals surface area (Å²) in [4.78, 5) is 28.5. The fraction of sp³-hybridized carbons (Fsp3) is 0.625. The minimum atomic E-state index is -0.696. The molecular weight excluding hydrogens is 284 g/mol. The highest BCUT2D eigenvalue weighted by molar-refractivity contribution is 7.09. The summed E-state index contributed by atoms with van der Waals surface area (Å²) in [7, 11) is 0. The molecule has 2 atom stereocenters. The molecule has 2 fully saturated rings. The van der Waals surface area contributed by atoms with Crippen molar-refractivity contribution in [3.05, 3.63) is 22.4 Å². The maximum absolute atomic E-state index is 13.0. The van der Waals surface area contributed by atoms with Gasteiger partial charge >= 0.3 is 0 Å². The highest BCUT2D eigenvalue weighted by Crippen LogP contribution is 2.42. The summed E-state index contributed by atoms with van der Waals surface area (Å²) in [5, 5.41) is 5.03. The highest BCUT2D eigenvalue weighted by Gasteiger charge is 2.55. The molecule has 5 heteroatoms. The molecule has 0 radical (unpaired) electrons. The Morgan fingerprint density at radius 3 is 2.76 bits per heavy atom. The number of carbonyl (C=O) groups is 2. The molecule has 0 aromatic carbocycles. The van der Waals surface area contributed by atoms with E-state index < -0.39 is 5.54 Å². The summed E-state index contributed by atoms with van der Waals surface area (Å²) < 4.78 is 0. The number of amides is 2. The van der Waals surface area contributed by atoms with E-state index in [2.05, 4.69) is 12.2 Å². The summed E-state index contributed by atoms with van der Waals surface area (Å²) in [6, 6.07) is 3.70. The first kappa shape index (κ1) is 14.6. The Bertz CT molecular complexity index is 538. The van der Waals surface area contributed by atoms with Crippen molar-refractivity contribution in [2.24, 2.45) is 5.92 Å². The molecule has 1 aromatic rings. The van der Waals surface area contributed by atoms with Gasteiger partial charge in [-0.3, -0.25) is 9.59 Å². The number of hydrogen-bond acceptors (Lipinski definition) is 3. The number of piperazine rings is 1. The van der Waals surface area contributed by atoms with Crippen LogP contribution in [-0.4, -0.2) is 28.3 Å². The zero-order chi connectivity index (χ0) is 15.0. The molecule has 2 heterocycles. The standard InChI is InChI=1S/C16H22N2O2S/c1-3-5-13-14(19)17-16(2,11-7-8-11)15(20)18(13)10-12-6-4-9-21-12/h4,6,9,11,13H,3,5,7-8,10H2,1-2H3,(H,17,19). The molecule has 1 aliphatic heterocycles. The van der Waals surface area contributed by atoms with Gasteiger partial charge in [0.05, 0.1) is 6.54 Å². The van der Waals surface area contributed by atoms with Crippen molar-refractivity contribution in [2.75, 3.05) is 0 Å². The number of hydrogen-bond donors (Lipinski definition) is 1. The summed E-state index contributed by atoms with van der Waals surface area (Å²) in [6.45, 7) is 4.50. The second kappa shape index (κ2) is 5.44. The molecule has 1 saturated heterocycles. The Hall–Kier alpha value is -1.36. The van der Waals surface area contributed by atoms with Gasteiger partial charge < -0.3 is 10.2 Å². The molecular formula is C16H22N2O2S. The van der Waals surface area contributed by atoms with Gasteiger partial charge in [0.25, 0.3) is 0 Å². The molecule has 1 aromatic heterocycles. The summed E-state index contributed by atoms with van der Waals surface area (Å²) in [6.07, 6.45) is 3.69. The zero-order valence-electron chi connectivity index (χ0n) is 12.6. The fourth-order valence-electron chi connectivity index (χ4n) is 3.22. The molecule has 0 spiro atoms. The lowest BCUT2D eigenvalue weighted by atomic mass is 9.88. The lowest BCUT2D eigenvalue weighted by Gasteiger charge is -2.44. The van der Waals surface area contributed by atoms with Crippen LogP contribution < -0.4 is 5.32 Å². The predicted octanol–water partition coefficient (Wildman–Crippen LogP) is 2.54. The minimum absolute atomic E-state index is 0.0161. The third-order valence-electron chi connectivity index (χ3n) is 4.63. The van der Waals surface area contributed by atoms with Crippen molar-refractivity contribution in [2.45, 2.75) is 57.7 Å². The normalized spacial score (nSPS) is 29.6. The van der Waals surface area contributed by atoms with Gasteiger partial charge in [0, 0.05) is 4.88 Å². The minimum Gasteiger partial charge on any atom is -0.340 e. The first-order chi connectivity index (χ1) is 10.1. The zero-order valence-corrected chi connectivity index (χ0v) is 13.4. The number of rotatable bonds is 5. The van der Waals surface area contributed by atoms with E-state index in [0.717, 1.165) is 30.6 Å². The summed E-state index contributed by atoms with van der Waals surface area (Å²) in [5.74, 6) is 0.418. The SMILES string of the molecule is CCCC1C(=O)NC(C)(C2CC2)C(=O)N1Cc1cccs1. The van der Waals surface area contributed by atoms with E-state index in [1.807, 2.05) is 29.3 Å². The van der Waals surface area contributed by atoms with Gasteiger partial charge in [0.15, 0.2) is 0 Å². The monoisotopic (exact) mass is 306 g/mol. The second-order valence-electron chi connectivity index (χ2n) is 6.28. The van der Waals surface area contributed by atoms with E-state index in [1.165, 1.54) is 0 Å². The number of nitrogens with zero attached hydrogens (tertiary/aromatic N) is 1. The Morgan fingerprint density at radius 2 is 2.19 bits per heavy atom. The van der Waals surface area contributed by atoms with Crippen LogP contribution in [0, 0.1) is 5.92 Å². The fourth-order valence-corrected chi connectivity index (χ4v) is 3.93. The van der Waals surface area contributed by atoms with Crippen LogP contribution in [0.15, 0.2) is 17.5 Å². The van der Waals surface area contributed by atoms with Crippen LogP contribution in [-0.2, 0) is 16.1 Å². The maximum atomic E-state index is 13.0. The second-order valence-corrected chi connectivity index (χ2v) is 7.32. The van der Waals surface area contributed by atoms with Crippen LogP contribution >= 0.6 is 11.3 Å². The van der Waals surface area contributed by atoms with Crippen molar-refractivity contribution in [3.8, 4) is 0 Å². The van der Waals surface area contributed by atoms with Crippen molar-refractivity contribution < 1.29 is 9.59 Å². The van der Waals surface area contributed by atoms with Gasteiger partial charge in [-0.2, -0.15) is 0 Å². The van der Waals surface area contributed by atoms with E-state index in [-0.39, 0.29) is 17.9 Å². The summed E-state index contributed by atoms with van der Waals surface area (Å²) >= 11 is 1.64. The largest absolute Gasteiger partial charge is 0.340 e. The van der Waals surface area contributed by atoms with Crippen LogP contribution in [0.25, 0.3) is 0 Å². The molecule has 2 aliphatic rings. The average Bonchev–Trinajstić information content (AvgIpc) is 3.19. The average molecular weight is 306 g/mol. The third-order valence-corrected chi connectivity index (χ3v) is 5.49.